The maximum absolute atomic E-state index is 14.2. The number of benzene rings is 1. The number of rotatable bonds is 7. The fourth-order valence-electron chi connectivity index (χ4n) is 5.23. The van der Waals surface area contributed by atoms with Crippen LogP contribution in [-0.2, 0) is 0 Å². The monoisotopic (exact) mass is 448 g/mol. The molecule has 1 nitrogen and oxygen atoms in total. The molecule has 174 valence electrons. The Kier molecular flexibility index (Phi) is 7.98. The van der Waals surface area contributed by atoms with Crippen LogP contribution >= 0.6 is 0 Å². The van der Waals surface area contributed by atoms with E-state index in [1.807, 2.05) is 0 Å². The van der Waals surface area contributed by atoms with Gasteiger partial charge >= 0.3 is 6.11 Å². The minimum atomic E-state index is -4.38. The van der Waals surface area contributed by atoms with Gasteiger partial charge in [0.2, 0.25) is 5.83 Å². The van der Waals surface area contributed by atoms with Crippen molar-refractivity contribution in [2.75, 3.05) is 0 Å². The lowest BCUT2D eigenvalue weighted by atomic mass is 9.68. The predicted molar refractivity (Wildman–Crippen MR) is 107 cm³/mol. The molecule has 0 spiro atoms. The molecule has 0 aliphatic heterocycles. The van der Waals surface area contributed by atoms with Crippen LogP contribution in [-0.4, -0.2) is 6.11 Å². The number of alkyl halides is 2. The molecule has 31 heavy (non-hydrogen) atoms. The maximum atomic E-state index is 14.2. The SMILES string of the molecule is CCCC1CCC(C2CCC(/C=C(\F)C(F)(F)Oc3cc(F)c(F)c(F)c3)CC2)CC1. The average molecular weight is 448 g/mol. The summed E-state index contributed by atoms with van der Waals surface area (Å²) in [6.07, 6.45) is 7.00. The van der Waals surface area contributed by atoms with Crippen LogP contribution in [0.2, 0.25) is 0 Å². The summed E-state index contributed by atoms with van der Waals surface area (Å²) in [4.78, 5) is 0. The molecule has 2 aliphatic carbocycles. The van der Waals surface area contributed by atoms with Crippen molar-refractivity contribution in [3.05, 3.63) is 41.5 Å². The Bertz CT molecular complexity index is 738. The zero-order valence-corrected chi connectivity index (χ0v) is 17.8. The molecule has 0 heterocycles. The van der Waals surface area contributed by atoms with Crippen molar-refractivity contribution < 1.29 is 31.1 Å². The van der Waals surface area contributed by atoms with Gasteiger partial charge in [-0.15, -0.1) is 0 Å². The molecule has 3 rings (SSSR count). The highest BCUT2D eigenvalue weighted by Gasteiger charge is 2.40. The van der Waals surface area contributed by atoms with Gasteiger partial charge in [-0.05, 0) is 68.3 Å². The van der Waals surface area contributed by atoms with Crippen molar-refractivity contribution >= 4 is 0 Å². The van der Waals surface area contributed by atoms with E-state index in [4.69, 9.17) is 0 Å². The van der Waals surface area contributed by atoms with Gasteiger partial charge in [0, 0.05) is 12.1 Å². The van der Waals surface area contributed by atoms with Gasteiger partial charge in [-0.3, -0.25) is 0 Å². The molecular weight excluding hydrogens is 418 g/mol. The largest absolute Gasteiger partial charge is 0.453 e. The normalized spacial score (nSPS) is 27.9. The first kappa shape index (κ1) is 24.0. The summed E-state index contributed by atoms with van der Waals surface area (Å²) in [5.74, 6) is -6.19. The van der Waals surface area contributed by atoms with Gasteiger partial charge in [-0.25, -0.2) is 17.6 Å². The molecule has 0 radical (unpaired) electrons. The summed E-state index contributed by atoms with van der Waals surface area (Å²) in [5, 5.41) is 0. The van der Waals surface area contributed by atoms with Gasteiger partial charge in [-0.2, -0.15) is 8.78 Å². The lowest BCUT2D eigenvalue weighted by molar-refractivity contribution is -0.157. The molecule has 0 unspecified atom stereocenters. The second kappa shape index (κ2) is 10.3. The topological polar surface area (TPSA) is 9.23 Å². The lowest BCUT2D eigenvalue weighted by Gasteiger charge is -2.37. The molecule has 2 aliphatic rings. The van der Waals surface area contributed by atoms with Gasteiger partial charge in [-0.1, -0.05) is 32.6 Å². The second-order valence-electron chi connectivity index (χ2n) is 9.08. The molecule has 2 saturated carbocycles. The summed E-state index contributed by atoms with van der Waals surface area (Å²) in [6, 6.07) is 0.528. The third kappa shape index (κ3) is 6.19. The van der Waals surface area contributed by atoms with E-state index >= 15 is 0 Å². The van der Waals surface area contributed by atoms with Crippen LogP contribution in [0.1, 0.15) is 71.1 Å². The Morgan fingerprint density at radius 3 is 1.97 bits per heavy atom. The van der Waals surface area contributed by atoms with Gasteiger partial charge < -0.3 is 4.74 Å². The van der Waals surface area contributed by atoms with Gasteiger partial charge in [0.05, 0.1) is 0 Å². The smallest absolute Gasteiger partial charge is 0.427 e. The molecule has 0 amide bonds. The van der Waals surface area contributed by atoms with Gasteiger partial charge in [0.15, 0.2) is 17.5 Å². The summed E-state index contributed by atoms with van der Waals surface area (Å²) in [6.45, 7) is 2.21. The molecule has 0 N–H and O–H groups in total. The molecule has 0 bridgehead atoms. The van der Waals surface area contributed by atoms with Crippen molar-refractivity contribution in [1.82, 2.24) is 0 Å². The number of allylic oxidation sites excluding steroid dienone is 1. The Balaban J connectivity index is 1.53. The molecular formula is C24H30F6O. The predicted octanol–water partition coefficient (Wildman–Crippen LogP) is 8.34. The fraction of sp³-hybridized carbons (Fsp3) is 0.667. The van der Waals surface area contributed by atoms with Crippen LogP contribution in [0.5, 0.6) is 5.75 Å². The molecule has 1 aromatic carbocycles. The quantitative estimate of drug-likeness (QED) is 0.301. The van der Waals surface area contributed by atoms with Crippen LogP contribution in [0.4, 0.5) is 26.3 Å². The van der Waals surface area contributed by atoms with E-state index in [1.165, 1.54) is 38.5 Å². The third-order valence-corrected chi connectivity index (χ3v) is 6.93. The average Bonchev–Trinajstić information content (AvgIpc) is 2.73. The summed E-state index contributed by atoms with van der Waals surface area (Å²) < 4.78 is 85.9. The Hall–Kier alpha value is -1.66. The lowest BCUT2D eigenvalue weighted by Crippen LogP contribution is -2.28. The van der Waals surface area contributed by atoms with E-state index in [-0.39, 0.29) is 18.1 Å². The van der Waals surface area contributed by atoms with Crippen molar-refractivity contribution in [3.8, 4) is 5.75 Å². The molecule has 7 heteroatoms. The van der Waals surface area contributed by atoms with Crippen LogP contribution < -0.4 is 4.74 Å². The Labute approximate surface area is 179 Å². The number of hydrogen-bond acceptors (Lipinski definition) is 1. The van der Waals surface area contributed by atoms with E-state index in [9.17, 15) is 26.3 Å². The molecule has 1 aromatic rings. The zero-order chi connectivity index (χ0) is 22.6. The molecule has 0 aromatic heterocycles. The minimum Gasteiger partial charge on any atom is -0.427 e. The highest BCUT2D eigenvalue weighted by atomic mass is 19.3. The minimum absolute atomic E-state index is 0.264. The first-order valence-electron chi connectivity index (χ1n) is 11.3. The van der Waals surface area contributed by atoms with E-state index in [1.54, 1.807) is 0 Å². The maximum Gasteiger partial charge on any atom is 0.453 e. The van der Waals surface area contributed by atoms with Crippen molar-refractivity contribution in [1.29, 1.82) is 0 Å². The highest BCUT2D eigenvalue weighted by Crippen LogP contribution is 2.43. The first-order chi connectivity index (χ1) is 14.7. The fourth-order valence-corrected chi connectivity index (χ4v) is 5.23. The Morgan fingerprint density at radius 2 is 1.45 bits per heavy atom. The van der Waals surface area contributed by atoms with Crippen LogP contribution in [0, 0.1) is 41.1 Å². The summed E-state index contributed by atoms with van der Waals surface area (Å²) >= 11 is 0. The van der Waals surface area contributed by atoms with Crippen LogP contribution in [0.15, 0.2) is 24.0 Å². The van der Waals surface area contributed by atoms with Crippen molar-refractivity contribution in [3.63, 3.8) is 0 Å². The number of hydrogen-bond donors (Lipinski definition) is 0. The van der Waals surface area contributed by atoms with Crippen LogP contribution in [0.25, 0.3) is 0 Å². The zero-order valence-electron chi connectivity index (χ0n) is 17.8. The summed E-state index contributed by atoms with van der Waals surface area (Å²) in [7, 11) is 0. The van der Waals surface area contributed by atoms with Gasteiger partial charge in [0.1, 0.15) is 5.75 Å². The van der Waals surface area contributed by atoms with E-state index in [0.29, 0.717) is 24.7 Å². The van der Waals surface area contributed by atoms with E-state index in [2.05, 4.69) is 11.7 Å². The number of halogens is 6. The first-order valence-corrected chi connectivity index (χ1v) is 11.3. The third-order valence-electron chi connectivity index (χ3n) is 6.93. The molecule has 0 atom stereocenters. The summed E-state index contributed by atoms with van der Waals surface area (Å²) in [5.41, 5.74) is 0. The standard InChI is InChI=1S/C24H30F6O/c1-2-3-15-4-8-17(9-5-15)18-10-6-16(7-11-18)12-22(27)24(29,30)31-19-13-20(25)23(28)21(26)14-19/h12-18H,2-11H2,1H3/b22-12-. The van der Waals surface area contributed by atoms with Gasteiger partial charge in [0.25, 0.3) is 0 Å². The van der Waals surface area contributed by atoms with Crippen molar-refractivity contribution in [2.24, 2.45) is 23.7 Å². The van der Waals surface area contributed by atoms with E-state index in [0.717, 1.165) is 24.8 Å². The second-order valence-corrected chi connectivity index (χ2v) is 9.08. The molecule has 0 saturated heterocycles. The highest BCUT2D eigenvalue weighted by molar-refractivity contribution is 5.26. The number of ether oxygens (including phenoxy) is 1. The molecule has 2 fully saturated rings. The van der Waals surface area contributed by atoms with Crippen molar-refractivity contribution in [2.45, 2.75) is 77.2 Å². The van der Waals surface area contributed by atoms with E-state index < -0.39 is 35.1 Å². The Morgan fingerprint density at radius 1 is 0.935 bits per heavy atom. The van der Waals surface area contributed by atoms with Crippen LogP contribution in [0.3, 0.4) is 0 Å².